The lowest BCUT2D eigenvalue weighted by Crippen LogP contribution is -2.40. The smallest absolute Gasteiger partial charge is 0.314 e. The molecule has 14 heavy (non-hydrogen) atoms. The number of carbonyl (C=O) groups is 1. The molecule has 84 valence electrons. The molecule has 0 aliphatic rings. The van der Waals surface area contributed by atoms with E-state index in [0.29, 0.717) is 6.54 Å². The number of hydrogen-bond acceptors (Lipinski definition) is 1. The zero-order valence-electron chi connectivity index (χ0n) is 9.89. The van der Waals surface area contributed by atoms with Gasteiger partial charge in [-0.2, -0.15) is 0 Å². The van der Waals surface area contributed by atoms with Crippen LogP contribution in [0.1, 0.15) is 47.0 Å². The van der Waals surface area contributed by atoms with Crippen molar-refractivity contribution in [2.45, 2.75) is 53.0 Å². The minimum absolute atomic E-state index is 0.0513. The van der Waals surface area contributed by atoms with Gasteiger partial charge in [0.25, 0.3) is 0 Å². The Morgan fingerprint density at radius 1 is 1.21 bits per heavy atom. The molecule has 0 radical (unpaired) electrons. The molecule has 0 aromatic carbocycles. The maximum atomic E-state index is 11.1. The molecule has 1 atom stereocenters. The molecule has 3 heteroatoms. The Morgan fingerprint density at radius 2 is 1.86 bits per heavy atom. The van der Waals surface area contributed by atoms with Crippen molar-refractivity contribution in [2.75, 3.05) is 6.54 Å². The molecule has 3 nitrogen and oxygen atoms in total. The second kappa shape index (κ2) is 7.65. The summed E-state index contributed by atoms with van der Waals surface area (Å²) in [5.41, 5.74) is 0. The molecule has 0 aromatic rings. The summed E-state index contributed by atoms with van der Waals surface area (Å²) in [5.74, 6) is 0.756. The predicted octanol–water partition coefficient (Wildman–Crippen LogP) is 2.52. The van der Waals surface area contributed by atoms with Crippen LogP contribution in [0.15, 0.2) is 0 Å². The topological polar surface area (TPSA) is 41.1 Å². The van der Waals surface area contributed by atoms with Gasteiger partial charge in [0.1, 0.15) is 0 Å². The van der Waals surface area contributed by atoms with Crippen LogP contribution >= 0.6 is 0 Å². The van der Waals surface area contributed by atoms with E-state index in [-0.39, 0.29) is 12.1 Å². The highest BCUT2D eigenvalue weighted by molar-refractivity contribution is 5.73. The molecule has 0 saturated heterocycles. The Kier molecular flexibility index (Phi) is 7.25. The Balaban J connectivity index is 3.44. The summed E-state index contributed by atoms with van der Waals surface area (Å²) in [7, 11) is 0. The van der Waals surface area contributed by atoms with Gasteiger partial charge in [-0.05, 0) is 26.2 Å². The number of urea groups is 1. The van der Waals surface area contributed by atoms with Gasteiger partial charge in [0.2, 0.25) is 0 Å². The lowest BCUT2D eigenvalue weighted by molar-refractivity contribution is 0.237. The lowest BCUT2D eigenvalue weighted by Gasteiger charge is -2.14. The number of hydrogen-bond donors (Lipinski definition) is 2. The van der Waals surface area contributed by atoms with Crippen LogP contribution < -0.4 is 10.6 Å². The number of carbonyl (C=O) groups excluding carboxylic acids is 1. The fourth-order valence-corrected chi connectivity index (χ4v) is 1.34. The van der Waals surface area contributed by atoms with Crippen LogP contribution in [0.4, 0.5) is 4.79 Å². The Morgan fingerprint density at radius 3 is 2.36 bits per heavy atom. The molecule has 0 spiro atoms. The molecule has 0 aromatic heterocycles. The summed E-state index contributed by atoms with van der Waals surface area (Å²) in [5, 5.41) is 5.63. The largest absolute Gasteiger partial charge is 0.338 e. The van der Waals surface area contributed by atoms with Crippen LogP contribution in [0, 0.1) is 5.92 Å². The van der Waals surface area contributed by atoms with E-state index in [0.717, 1.165) is 12.3 Å². The normalized spacial score (nSPS) is 12.6. The number of nitrogens with one attached hydrogen (secondary N) is 2. The molecule has 2 amide bonds. The molecule has 0 fully saturated rings. The first-order chi connectivity index (χ1) is 6.56. The first-order valence-electron chi connectivity index (χ1n) is 5.60. The third kappa shape index (κ3) is 7.90. The molecule has 0 heterocycles. The third-order valence-electron chi connectivity index (χ3n) is 2.13. The van der Waals surface area contributed by atoms with E-state index < -0.39 is 0 Å². The summed E-state index contributed by atoms with van der Waals surface area (Å²) in [4.78, 5) is 11.1. The van der Waals surface area contributed by atoms with Gasteiger partial charge < -0.3 is 10.6 Å². The van der Waals surface area contributed by atoms with Gasteiger partial charge in [0, 0.05) is 12.6 Å². The SMILES string of the molecule is CCNC(=O)NC(C)CCCC(C)C. The highest BCUT2D eigenvalue weighted by atomic mass is 16.2. The predicted molar refractivity (Wildman–Crippen MR) is 60.4 cm³/mol. The van der Waals surface area contributed by atoms with Gasteiger partial charge in [-0.15, -0.1) is 0 Å². The Labute approximate surface area is 87.6 Å². The zero-order valence-corrected chi connectivity index (χ0v) is 9.89. The van der Waals surface area contributed by atoms with E-state index in [1.165, 1.54) is 12.8 Å². The van der Waals surface area contributed by atoms with Crippen molar-refractivity contribution in [1.29, 1.82) is 0 Å². The summed E-state index contributed by atoms with van der Waals surface area (Å²) in [6, 6.07) is 0.227. The second-order valence-electron chi connectivity index (χ2n) is 4.23. The van der Waals surface area contributed by atoms with Gasteiger partial charge >= 0.3 is 6.03 Å². The lowest BCUT2D eigenvalue weighted by atomic mass is 10.0. The zero-order chi connectivity index (χ0) is 11.0. The Hall–Kier alpha value is -0.730. The van der Waals surface area contributed by atoms with Crippen molar-refractivity contribution < 1.29 is 4.79 Å². The van der Waals surface area contributed by atoms with Crippen molar-refractivity contribution in [3.63, 3.8) is 0 Å². The standard InChI is InChI=1S/C11H24N2O/c1-5-12-11(14)13-10(4)8-6-7-9(2)3/h9-10H,5-8H2,1-4H3,(H2,12,13,14). The summed E-state index contributed by atoms with van der Waals surface area (Å²) in [6.07, 6.45) is 3.49. The van der Waals surface area contributed by atoms with Crippen LogP contribution in [-0.2, 0) is 0 Å². The number of rotatable bonds is 6. The molecule has 0 aliphatic heterocycles. The highest BCUT2D eigenvalue weighted by Gasteiger charge is 2.05. The van der Waals surface area contributed by atoms with E-state index >= 15 is 0 Å². The summed E-state index contributed by atoms with van der Waals surface area (Å²) < 4.78 is 0. The molecule has 0 aliphatic carbocycles. The molecule has 0 rings (SSSR count). The molecular formula is C11H24N2O. The van der Waals surface area contributed by atoms with Crippen molar-refractivity contribution in [3.05, 3.63) is 0 Å². The molecule has 1 unspecified atom stereocenters. The van der Waals surface area contributed by atoms with Crippen molar-refractivity contribution in [3.8, 4) is 0 Å². The minimum atomic E-state index is -0.0513. The second-order valence-corrected chi connectivity index (χ2v) is 4.23. The van der Waals surface area contributed by atoms with Gasteiger partial charge in [0.05, 0.1) is 0 Å². The van der Waals surface area contributed by atoms with Crippen LogP contribution in [0.3, 0.4) is 0 Å². The first-order valence-corrected chi connectivity index (χ1v) is 5.60. The summed E-state index contributed by atoms with van der Waals surface area (Å²) in [6.45, 7) is 9.10. The average Bonchev–Trinajstić information content (AvgIpc) is 2.03. The summed E-state index contributed by atoms with van der Waals surface area (Å²) >= 11 is 0. The molecule has 0 bridgehead atoms. The van der Waals surface area contributed by atoms with Crippen LogP contribution in [0.2, 0.25) is 0 Å². The van der Waals surface area contributed by atoms with Gasteiger partial charge in [-0.3, -0.25) is 0 Å². The Bertz CT molecular complexity index is 157. The molecule has 0 saturated carbocycles. The van der Waals surface area contributed by atoms with E-state index in [1.54, 1.807) is 0 Å². The van der Waals surface area contributed by atoms with Crippen LogP contribution in [0.5, 0.6) is 0 Å². The van der Waals surface area contributed by atoms with Crippen molar-refractivity contribution >= 4 is 6.03 Å². The van der Waals surface area contributed by atoms with E-state index in [4.69, 9.17) is 0 Å². The van der Waals surface area contributed by atoms with E-state index in [2.05, 4.69) is 31.4 Å². The average molecular weight is 200 g/mol. The van der Waals surface area contributed by atoms with Crippen LogP contribution in [0.25, 0.3) is 0 Å². The maximum Gasteiger partial charge on any atom is 0.314 e. The van der Waals surface area contributed by atoms with E-state index in [9.17, 15) is 4.79 Å². The van der Waals surface area contributed by atoms with Gasteiger partial charge in [-0.1, -0.05) is 26.7 Å². The minimum Gasteiger partial charge on any atom is -0.338 e. The van der Waals surface area contributed by atoms with Gasteiger partial charge in [0.15, 0.2) is 0 Å². The van der Waals surface area contributed by atoms with Gasteiger partial charge in [-0.25, -0.2) is 4.79 Å². The fraction of sp³-hybridized carbons (Fsp3) is 0.909. The highest BCUT2D eigenvalue weighted by Crippen LogP contribution is 2.07. The monoisotopic (exact) mass is 200 g/mol. The third-order valence-corrected chi connectivity index (χ3v) is 2.13. The van der Waals surface area contributed by atoms with Crippen molar-refractivity contribution in [1.82, 2.24) is 10.6 Å². The number of amides is 2. The molecule has 2 N–H and O–H groups in total. The fourth-order valence-electron chi connectivity index (χ4n) is 1.34. The maximum absolute atomic E-state index is 11.1. The molecular weight excluding hydrogens is 176 g/mol. The van der Waals surface area contributed by atoms with Crippen molar-refractivity contribution in [2.24, 2.45) is 5.92 Å². The first kappa shape index (κ1) is 13.3. The van der Waals surface area contributed by atoms with E-state index in [1.807, 2.05) is 6.92 Å². The van der Waals surface area contributed by atoms with Crippen LogP contribution in [-0.4, -0.2) is 18.6 Å². The quantitative estimate of drug-likeness (QED) is 0.679.